The van der Waals surface area contributed by atoms with Gasteiger partial charge in [-0.25, -0.2) is 0 Å². The fourth-order valence-electron chi connectivity index (χ4n) is 2.18. The van der Waals surface area contributed by atoms with Crippen LogP contribution in [0.1, 0.15) is 16.2 Å². The average Bonchev–Trinajstić information content (AvgIpc) is 3.01. The van der Waals surface area contributed by atoms with Gasteiger partial charge in [-0.05, 0) is 25.1 Å². The molecule has 8 nitrogen and oxygen atoms in total. The monoisotopic (exact) mass is 358 g/mol. The predicted molar refractivity (Wildman–Crippen MR) is 90.5 cm³/mol. The zero-order chi connectivity index (χ0) is 18.0. The van der Waals surface area contributed by atoms with Crippen molar-refractivity contribution < 1.29 is 14.2 Å². The Kier molecular flexibility index (Phi) is 4.44. The number of nitrogens with one attached hydrogen (secondary N) is 1. The van der Waals surface area contributed by atoms with E-state index < -0.39 is 10.8 Å². The molecule has 0 aliphatic rings. The van der Waals surface area contributed by atoms with Gasteiger partial charge in [-0.1, -0.05) is 28.9 Å². The van der Waals surface area contributed by atoms with E-state index >= 15 is 0 Å². The van der Waals surface area contributed by atoms with Crippen molar-refractivity contribution in [2.45, 2.75) is 6.92 Å². The van der Waals surface area contributed by atoms with Crippen LogP contribution in [0.3, 0.4) is 0 Å². The van der Waals surface area contributed by atoms with Crippen LogP contribution in [-0.4, -0.2) is 21.0 Å². The van der Waals surface area contributed by atoms with E-state index in [1.807, 2.05) is 0 Å². The van der Waals surface area contributed by atoms with Gasteiger partial charge in [-0.2, -0.15) is 4.98 Å². The number of amides is 1. The van der Waals surface area contributed by atoms with E-state index in [-0.39, 0.29) is 22.2 Å². The molecule has 3 rings (SSSR count). The first-order valence-corrected chi connectivity index (χ1v) is 7.48. The Morgan fingerprint density at radius 2 is 2.04 bits per heavy atom. The molecule has 2 aromatic carbocycles. The standard InChI is InChI=1S/C16H11ClN4O4/c1-9-18-16(25-20-9)12-4-2-3-5-14(12)19-15(22)11-7-6-10(21(23)24)8-13(11)17/h2-8H,1H3,(H,19,22). The number of anilines is 1. The minimum absolute atomic E-state index is 0.0159. The molecule has 0 fully saturated rings. The Morgan fingerprint density at radius 1 is 1.28 bits per heavy atom. The number of hydrogen-bond acceptors (Lipinski definition) is 6. The van der Waals surface area contributed by atoms with Crippen molar-refractivity contribution in [1.29, 1.82) is 0 Å². The van der Waals surface area contributed by atoms with Crippen molar-refractivity contribution in [1.82, 2.24) is 10.1 Å². The molecule has 0 spiro atoms. The average molecular weight is 359 g/mol. The Bertz CT molecular complexity index is 970. The Morgan fingerprint density at radius 3 is 2.68 bits per heavy atom. The van der Waals surface area contributed by atoms with Crippen molar-refractivity contribution in [2.75, 3.05) is 5.32 Å². The maximum atomic E-state index is 12.5. The molecule has 126 valence electrons. The summed E-state index contributed by atoms with van der Waals surface area (Å²) in [6.45, 7) is 1.69. The molecule has 1 N–H and O–H groups in total. The molecule has 0 aliphatic heterocycles. The van der Waals surface area contributed by atoms with Gasteiger partial charge in [0.25, 0.3) is 17.5 Å². The number of aryl methyl sites for hydroxylation is 1. The van der Waals surface area contributed by atoms with E-state index in [1.165, 1.54) is 12.1 Å². The summed E-state index contributed by atoms with van der Waals surface area (Å²) in [5.41, 5.74) is 0.923. The highest BCUT2D eigenvalue weighted by Crippen LogP contribution is 2.28. The maximum Gasteiger partial charge on any atom is 0.270 e. The number of nitro benzene ring substituents is 1. The van der Waals surface area contributed by atoms with Gasteiger partial charge in [0.2, 0.25) is 0 Å². The number of nitrogens with zero attached hydrogens (tertiary/aromatic N) is 3. The smallest absolute Gasteiger partial charge is 0.270 e. The maximum absolute atomic E-state index is 12.5. The third-order valence-corrected chi connectivity index (χ3v) is 3.65. The number of benzene rings is 2. The fourth-order valence-corrected chi connectivity index (χ4v) is 2.44. The van der Waals surface area contributed by atoms with Crippen LogP contribution in [0.2, 0.25) is 5.02 Å². The van der Waals surface area contributed by atoms with Crippen molar-refractivity contribution >= 4 is 28.9 Å². The molecule has 0 saturated carbocycles. The molecule has 0 bridgehead atoms. The minimum atomic E-state index is -0.583. The highest BCUT2D eigenvalue weighted by Gasteiger charge is 2.18. The van der Waals surface area contributed by atoms with E-state index in [1.54, 1.807) is 31.2 Å². The summed E-state index contributed by atoms with van der Waals surface area (Å²) < 4.78 is 5.13. The largest absolute Gasteiger partial charge is 0.334 e. The van der Waals surface area contributed by atoms with Crippen LogP contribution < -0.4 is 5.32 Å². The van der Waals surface area contributed by atoms with Crippen LogP contribution in [0.5, 0.6) is 0 Å². The lowest BCUT2D eigenvalue weighted by Gasteiger charge is -2.09. The second-order valence-corrected chi connectivity index (χ2v) is 5.47. The molecule has 1 heterocycles. The van der Waals surface area contributed by atoms with Gasteiger partial charge in [0.15, 0.2) is 5.82 Å². The summed E-state index contributed by atoms with van der Waals surface area (Å²) in [5.74, 6) is 0.223. The summed E-state index contributed by atoms with van der Waals surface area (Å²) >= 11 is 5.99. The number of para-hydroxylation sites is 1. The number of aromatic nitrogens is 2. The number of carbonyl (C=O) groups excluding carboxylic acids is 1. The van der Waals surface area contributed by atoms with E-state index in [4.69, 9.17) is 16.1 Å². The topological polar surface area (TPSA) is 111 Å². The summed E-state index contributed by atoms with van der Waals surface area (Å²) in [5, 5.41) is 17.2. The molecule has 9 heteroatoms. The van der Waals surface area contributed by atoms with Gasteiger partial charge < -0.3 is 9.84 Å². The molecule has 0 saturated heterocycles. The second-order valence-electron chi connectivity index (χ2n) is 5.07. The highest BCUT2D eigenvalue weighted by molar-refractivity contribution is 6.34. The van der Waals surface area contributed by atoms with Crippen molar-refractivity contribution in [3.05, 3.63) is 69.0 Å². The van der Waals surface area contributed by atoms with Gasteiger partial charge in [0.1, 0.15) is 0 Å². The number of nitro groups is 1. The van der Waals surface area contributed by atoms with Gasteiger partial charge in [0, 0.05) is 12.1 Å². The van der Waals surface area contributed by atoms with Gasteiger partial charge in [-0.15, -0.1) is 0 Å². The van der Waals surface area contributed by atoms with E-state index in [9.17, 15) is 14.9 Å². The Hall–Kier alpha value is -3.26. The second kappa shape index (κ2) is 6.70. The van der Waals surface area contributed by atoms with E-state index in [2.05, 4.69) is 15.5 Å². The van der Waals surface area contributed by atoms with Crippen molar-refractivity contribution in [3.8, 4) is 11.5 Å². The molecule has 0 aliphatic carbocycles. The number of hydrogen-bond donors (Lipinski definition) is 1. The molecule has 1 amide bonds. The lowest BCUT2D eigenvalue weighted by Crippen LogP contribution is -2.13. The molecule has 1 aromatic heterocycles. The first-order valence-electron chi connectivity index (χ1n) is 7.10. The SMILES string of the molecule is Cc1noc(-c2ccccc2NC(=O)c2ccc([N+](=O)[O-])cc2Cl)n1. The normalized spacial score (nSPS) is 10.5. The number of carbonyl (C=O) groups is 1. The Labute approximate surface area is 146 Å². The molecule has 3 aromatic rings. The van der Waals surface area contributed by atoms with Crippen LogP contribution in [-0.2, 0) is 0 Å². The van der Waals surface area contributed by atoms with E-state index in [0.717, 1.165) is 6.07 Å². The first-order chi connectivity index (χ1) is 12.0. The van der Waals surface area contributed by atoms with Crippen molar-refractivity contribution in [2.24, 2.45) is 0 Å². The summed E-state index contributed by atoms with van der Waals surface area (Å²) in [4.78, 5) is 26.8. The lowest BCUT2D eigenvalue weighted by atomic mass is 10.1. The van der Waals surface area contributed by atoms with Gasteiger partial charge in [0.05, 0.1) is 26.8 Å². The first kappa shape index (κ1) is 16.6. The Balaban J connectivity index is 1.91. The summed E-state index contributed by atoms with van der Waals surface area (Å²) in [6, 6.07) is 10.5. The van der Waals surface area contributed by atoms with Gasteiger partial charge in [-0.3, -0.25) is 14.9 Å². The quantitative estimate of drug-likeness (QED) is 0.560. The van der Waals surface area contributed by atoms with Crippen LogP contribution >= 0.6 is 11.6 Å². The number of rotatable bonds is 4. The number of non-ortho nitro benzene ring substituents is 1. The molecule has 0 atom stereocenters. The third kappa shape index (κ3) is 3.48. The zero-order valence-corrected chi connectivity index (χ0v) is 13.6. The van der Waals surface area contributed by atoms with Crippen LogP contribution in [0, 0.1) is 17.0 Å². The molecule has 0 unspecified atom stereocenters. The molecular weight excluding hydrogens is 348 g/mol. The molecular formula is C16H11ClN4O4. The summed E-state index contributed by atoms with van der Waals surface area (Å²) in [7, 11) is 0. The van der Waals surface area contributed by atoms with Crippen molar-refractivity contribution in [3.63, 3.8) is 0 Å². The highest BCUT2D eigenvalue weighted by atomic mass is 35.5. The third-order valence-electron chi connectivity index (χ3n) is 3.34. The predicted octanol–water partition coefficient (Wildman–Crippen LogP) is 3.86. The summed E-state index contributed by atoms with van der Waals surface area (Å²) in [6.07, 6.45) is 0. The van der Waals surface area contributed by atoms with Crippen LogP contribution in [0.4, 0.5) is 11.4 Å². The minimum Gasteiger partial charge on any atom is -0.334 e. The number of halogens is 1. The van der Waals surface area contributed by atoms with Crippen LogP contribution in [0.25, 0.3) is 11.5 Å². The van der Waals surface area contributed by atoms with Crippen LogP contribution in [0.15, 0.2) is 47.0 Å². The molecule has 25 heavy (non-hydrogen) atoms. The molecule has 0 radical (unpaired) electrons. The lowest BCUT2D eigenvalue weighted by molar-refractivity contribution is -0.384. The van der Waals surface area contributed by atoms with Gasteiger partial charge >= 0.3 is 0 Å². The fraction of sp³-hybridized carbons (Fsp3) is 0.0625. The zero-order valence-electron chi connectivity index (χ0n) is 12.9. The van der Waals surface area contributed by atoms with E-state index in [0.29, 0.717) is 17.1 Å².